The van der Waals surface area contributed by atoms with E-state index in [2.05, 4.69) is 10.6 Å². The number of hydrogen-bond donors (Lipinski definition) is 4. The van der Waals surface area contributed by atoms with E-state index in [-0.39, 0.29) is 29.6 Å². The predicted octanol–water partition coefficient (Wildman–Crippen LogP) is 0.124. The summed E-state index contributed by atoms with van der Waals surface area (Å²) >= 11 is 0. The van der Waals surface area contributed by atoms with E-state index in [1.807, 2.05) is 0 Å². The molecule has 0 aromatic carbocycles. The summed E-state index contributed by atoms with van der Waals surface area (Å²) < 4.78 is 0. The molecule has 0 spiro atoms. The molecule has 2 rings (SSSR count). The van der Waals surface area contributed by atoms with Gasteiger partial charge in [-0.05, 0) is 38.0 Å². The zero-order chi connectivity index (χ0) is 13.8. The number of piperidine rings is 1. The standard InChI is InChI=1S/C13H22N4O2/c14-13(15)16-6-2-4-9-8-3-1-5-11(18)10(7-8)17-12(9)19/h8-10H,1-7H2,(H,17,19)(H4,14,15,16)/t8?,9-,10-/m0/s1. The van der Waals surface area contributed by atoms with Gasteiger partial charge in [-0.15, -0.1) is 0 Å². The molecule has 19 heavy (non-hydrogen) atoms. The summed E-state index contributed by atoms with van der Waals surface area (Å²) in [6, 6.07) is -0.244. The minimum Gasteiger partial charge on any atom is -0.370 e. The smallest absolute Gasteiger partial charge is 0.223 e. The van der Waals surface area contributed by atoms with Crippen LogP contribution in [0.2, 0.25) is 0 Å². The van der Waals surface area contributed by atoms with Gasteiger partial charge in [-0.1, -0.05) is 0 Å². The van der Waals surface area contributed by atoms with Gasteiger partial charge in [0.05, 0.1) is 6.04 Å². The average molecular weight is 266 g/mol. The van der Waals surface area contributed by atoms with Crippen LogP contribution in [0.1, 0.15) is 38.5 Å². The van der Waals surface area contributed by atoms with E-state index in [1.165, 1.54) is 0 Å². The lowest BCUT2D eigenvalue weighted by Crippen LogP contribution is -2.50. The number of Topliss-reactive ketones (excluding diaryl/α,β-unsaturated/α-hetero) is 1. The predicted molar refractivity (Wildman–Crippen MR) is 71.5 cm³/mol. The number of amides is 1. The van der Waals surface area contributed by atoms with Gasteiger partial charge in [0.1, 0.15) is 0 Å². The Hall–Kier alpha value is -1.59. The van der Waals surface area contributed by atoms with Gasteiger partial charge in [-0.3, -0.25) is 15.0 Å². The highest BCUT2D eigenvalue weighted by atomic mass is 16.2. The third-order valence-electron chi connectivity index (χ3n) is 4.15. The summed E-state index contributed by atoms with van der Waals surface area (Å²) in [6.45, 7) is 0.619. The maximum Gasteiger partial charge on any atom is 0.223 e. The Morgan fingerprint density at radius 2 is 2.26 bits per heavy atom. The van der Waals surface area contributed by atoms with Gasteiger partial charge in [0.25, 0.3) is 0 Å². The van der Waals surface area contributed by atoms with Crippen molar-refractivity contribution in [2.24, 2.45) is 17.6 Å². The van der Waals surface area contributed by atoms with E-state index in [0.29, 0.717) is 18.9 Å². The van der Waals surface area contributed by atoms with Crippen molar-refractivity contribution in [2.75, 3.05) is 6.54 Å². The topological polar surface area (TPSA) is 108 Å². The van der Waals surface area contributed by atoms with E-state index >= 15 is 0 Å². The number of nitrogens with two attached hydrogens (primary N) is 1. The number of guanidine groups is 1. The molecule has 0 radical (unpaired) electrons. The minimum atomic E-state index is -0.244. The van der Waals surface area contributed by atoms with Gasteiger partial charge in [0.2, 0.25) is 5.91 Å². The monoisotopic (exact) mass is 266 g/mol. The number of rotatable bonds is 4. The van der Waals surface area contributed by atoms with Crippen LogP contribution < -0.4 is 16.4 Å². The van der Waals surface area contributed by atoms with Crippen LogP contribution in [-0.4, -0.2) is 30.2 Å². The second-order valence-corrected chi connectivity index (χ2v) is 5.50. The van der Waals surface area contributed by atoms with E-state index in [4.69, 9.17) is 11.1 Å². The number of carbonyl (C=O) groups is 2. The molecule has 2 bridgehead atoms. The first-order valence-corrected chi connectivity index (χ1v) is 6.99. The van der Waals surface area contributed by atoms with Crippen molar-refractivity contribution in [3.63, 3.8) is 0 Å². The maximum absolute atomic E-state index is 12.1. The van der Waals surface area contributed by atoms with Gasteiger partial charge < -0.3 is 16.4 Å². The molecule has 106 valence electrons. The number of nitrogens with one attached hydrogen (secondary N) is 3. The van der Waals surface area contributed by atoms with Crippen molar-refractivity contribution in [3.05, 3.63) is 0 Å². The summed E-state index contributed by atoms with van der Waals surface area (Å²) in [6.07, 6.45) is 4.87. The Kier molecular flexibility index (Phi) is 4.39. The molecule has 6 heteroatoms. The molecule has 1 aliphatic carbocycles. The van der Waals surface area contributed by atoms with Gasteiger partial charge in [0, 0.05) is 18.9 Å². The molecule has 2 fully saturated rings. The molecule has 0 aromatic heterocycles. The second-order valence-electron chi connectivity index (χ2n) is 5.50. The molecule has 1 unspecified atom stereocenters. The molecule has 6 nitrogen and oxygen atoms in total. The largest absolute Gasteiger partial charge is 0.370 e. The fourth-order valence-corrected chi connectivity index (χ4v) is 3.17. The molecule has 0 aromatic rings. The summed E-state index contributed by atoms with van der Waals surface area (Å²) in [4.78, 5) is 23.8. The zero-order valence-corrected chi connectivity index (χ0v) is 11.1. The highest BCUT2D eigenvalue weighted by Crippen LogP contribution is 2.34. The molecule has 5 N–H and O–H groups in total. The summed E-state index contributed by atoms with van der Waals surface area (Å²) in [7, 11) is 0. The molecule has 1 saturated heterocycles. The van der Waals surface area contributed by atoms with Gasteiger partial charge >= 0.3 is 0 Å². The third kappa shape index (κ3) is 3.45. The van der Waals surface area contributed by atoms with Crippen LogP contribution in [0.3, 0.4) is 0 Å². The molecule has 1 aliphatic heterocycles. The van der Waals surface area contributed by atoms with E-state index in [1.54, 1.807) is 0 Å². The molecule has 1 heterocycles. The summed E-state index contributed by atoms with van der Waals surface area (Å²) in [5.41, 5.74) is 5.21. The van der Waals surface area contributed by atoms with Crippen molar-refractivity contribution in [3.8, 4) is 0 Å². The summed E-state index contributed by atoms with van der Waals surface area (Å²) in [5, 5.41) is 12.7. The Balaban J connectivity index is 1.88. The first kappa shape index (κ1) is 13.8. The van der Waals surface area contributed by atoms with Crippen molar-refractivity contribution >= 4 is 17.6 Å². The molecular weight excluding hydrogens is 244 g/mol. The lowest BCUT2D eigenvalue weighted by molar-refractivity contribution is -0.134. The number of ketones is 1. The molecular formula is C13H22N4O2. The van der Waals surface area contributed by atoms with Crippen molar-refractivity contribution in [2.45, 2.75) is 44.6 Å². The number of hydrogen-bond acceptors (Lipinski definition) is 3. The fourth-order valence-electron chi connectivity index (χ4n) is 3.17. The minimum absolute atomic E-state index is 0.0101. The van der Waals surface area contributed by atoms with E-state index in [9.17, 15) is 9.59 Å². The highest BCUT2D eigenvalue weighted by molar-refractivity contribution is 5.91. The number of fused-ring (bicyclic) bond motifs is 2. The van der Waals surface area contributed by atoms with Gasteiger partial charge in [0.15, 0.2) is 11.7 Å². The first-order chi connectivity index (χ1) is 9.08. The third-order valence-corrected chi connectivity index (χ3v) is 4.15. The lowest BCUT2D eigenvalue weighted by atomic mass is 9.78. The van der Waals surface area contributed by atoms with E-state index < -0.39 is 0 Å². The Bertz CT molecular complexity index is 383. The Morgan fingerprint density at radius 1 is 1.47 bits per heavy atom. The quantitative estimate of drug-likeness (QED) is 0.329. The Labute approximate surface area is 113 Å². The van der Waals surface area contributed by atoms with Crippen LogP contribution in [0.15, 0.2) is 0 Å². The van der Waals surface area contributed by atoms with Crippen LogP contribution in [0, 0.1) is 17.2 Å². The van der Waals surface area contributed by atoms with Crippen molar-refractivity contribution < 1.29 is 9.59 Å². The van der Waals surface area contributed by atoms with Crippen LogP contribution in [0.25, 0.3) is 0 Å². The Morgan fingerprint density at radius 3 is 3.00 bits per heavy atom. The van der Waals surface area contributed by atoms with Crippen LogP contribution in [0.4, 0.5) is 0 Å². The van der Waals surface area contributed by atoms with Crippen molar-refractivity contribution in [1.82, 2.24) is 10.6 Å². The molecule has 3 atom stereocenters. The van der Waals surface area contributed by atoms with E-state index in [0.717, 1.165) is 32.1 Å². The molecule has 1 saturated carbocycles. The normalized spacial score (nSPS) is 30.4. The maximum atomic E-state index is 12.1. The fraction of sp³-hybridized carbons (Fsp3) is 0.769. The van der Waals surface area contributed by atoms with Gasteiger partial charge in [-0.25, -0.2) is 0 Å². The molecule has 2 aliphatic rings. The lowest BCUT2D eigenvalue weighted by Gasteiger charge is -2.33. The SMILES string of the molecule is N=C(N)NCCC[C@@H]1C(=O)N[C@H]2CC1CCCC2=O. The van der Waals surface area contributed by atoms with Crippen LogP contribution in [-0.2, 0) is 9.59 Å². The first-order valence-electron chi connectivity index (χ1n) is 6.99. The average Bonchev–Trinajstić information content (AvgIpc) is 2.49. The zero-order valence-electron chi connectivity index (χ0n) is 11.1. The highest BCUT2D eigenvalue weighted by Gasteiger charge is 2.39. The van der Waals surface area contributed by atoms with Gasteiger partial charge in [-0.2, -0.15) is 0 Å². The van der Waals surface area contributed by atoms with Crippen LogP contribution >= 0.6 is 0 Å². The van der Waals surface area contributed by atoms with Crippen LogP contribution in [0.5, 0.6) is 0 Å². The molecule has 1 amide bonds. The number of carbonyl (C=O) groups excluding carboxylic acids is 2. The van der Waals surface area contributed by atoms with Crippen molar-refractivity contribution in [1.29, 1.82) is 5.41 Å². The second kappa shape index (κ2) is 6.04. The summed E-state index contributed by atoms with van der Waals surface area (Å²) in [5.74, 6) is 0.526.